The van der Waals surface area contributed by atoms with Crippen molar-refractivity contribution < 1.29 is 28.3 Å². The zero-order valence-electron chi connectivity index (χ0n) is 16.8. The number of piperidine rings is 1. The lowest BCUT2D eigenvalue weighted by atomic mass is 9.89. The third-order valence-electron chi connectivity index (χ3n) is 5.24. The topological polar surface area (TPSA) is 127 Å². The summed E-state index contributed by atoms with van der Waals surface area (Å²) in [6.07, 6.45) is 2.62. The first-order valence-corrected chi connectivity index (χ1v) is 9.71. The van der Waals surface area contributed by atoms with Gasteiger partial charge in [-0.05, 0) is 38.0 Å². The van der Waals surface area contributed by atoms with E-state index in [2.05, 4.69) is 15.6 Å². The van der Waals surface area contributed by atoms with E-state index in [4.69, 9.17) is 13.6 Å². The number of benzene rings is 1. The van der Waals surface area contributed by atoms with Crippen molar-refractivity contribution in [1.29, 1.82) is 0 Å². The van der Waals surface area contributed by atoms with E-state index < -0.39 is 18.1 Å². The summed E-state index contributed by atoms with van der Waals surface area (Å²) < 4.78 is 16.9. The van der Waals surface area contributed by atoms with Gasteiger partial charge in [0.2, 0.25) is 5.91 Å². The number of aliphatic hydroxyl groups is 1. The van der Waals surface area contributed by atoms with E-state index in [1.165, 1.54) is 0 Å². The summed E-state index contributed by atoms with van der Waals surface area (Å²) in [5, 5.41) is 15.8. The number of carbonyl (C=O) groups excluding carboxylic acids is 2. The number of rotatable bonds is 6. The van der Waals surface area contributed by atoms with Crippen LogP contribution < -0.4 is 15.4 Å². The second-order valence-electron chi connectivity index (χ2n) is 7.38. The molecular formula is C21H23N3O6. The number of furan rings is 1. The molecule has 0 bridgehead atoms. The summed E-state index contributed by atoms with van der Waals surface area (Å²) in [5.41, 5.74) is -0.521. The molecule has 1 aliphatic heterocycles. The van der Waals surface area contributed by atoms with Crippen LogP contribution in [0.25, 0.3) is 11.0 Å². The molecular weight excluding hydrogens is 390 g/mol. The number of aliphatic hydroxyl groups excluding tert-OH is 1. The van der Waals surface area contributed by atoms with Crippen LogP contribution in [0.1, 0.15) is 40.6 Å². The minimum Gasteiger partial charge on any atom is -0.486 e. The van der Waals surface area contributed by atoms with E-state index >= 15 is 0 Å². The van der Waals surface area contributed by atoms with Gasteiger partial charge in [-0.3, -0.25) is 9.59 Å². The Hall–Kier alpha value is -3.33. The monoisotopic (exact) mass is 413 g/mol. The number of hydrogen-bond donors (Lipinski definition) is 3. The molecule has 1 saturated heterocycles. The van der Waals surface area contributed by atoms with Gasteiger partial charge in [-0.15, -0.1) is 0 Å². The average Bonchev–Trinajstić information content (AvgIpc) is 3.29. The lowest BCUT2D eigenvalue weighted by Gasteiger charge is -2.35. The minimum atomic E-state index is -1.34. The Bertz CT molecular complexity index is 1100. The highest BCUT2D eigenvalue weighted by Gasteiger charge is 2.42. The van der Waals surface area contributed by atoms with E-state index in [0.29, 0.717) is 59.1 Å². The zero-order valence-corrected chi connectivity index (χ0v) is 16.8. The molecule has 3 N–H and O–H groups in total. The molecule has 158 valence electrons. The van der Waals surface area contributed by atoms with Crippen molar-refractivity contribution in [3.8, 4) is 5.75 Å². The van der Waals surface area contributed by atoms with Crippen molar-refractivity contribution in [3.05, 3.63) is 47.4 Å². The van der Waals surface area contributed by atoms with E-state index in [9.17, 15) is 14.7 Å². The molecule has 30 heavy (non-hydrogen) atoms. The van der Waals surface area contributed by atoms with E-state index in [1.54, 1.807) is 38.2 Å². The number of hydrogen-bond acceptors (Lipinski definition) is 7. The molecule has 4 rings (SSSR count). The molecule has 1 atom stereocenters. The first-order valence-electron chi connectivity index (χ1n) is 9.71. The smallest absolute Gasteiger partial charge is 0.256 e. The number of nitrogens with zero attached hydrogens (tertiary/aromatic N) is 1. The predicted octanol–water partition coefficient (Wildman–Crippen LogP) is 1.99. The summed E-state index contributed by atoms with van der Waals surface area (Å²) in [4.78, 5) is 29.4. The summed E-state index contributed by atoms with van der Waals surface area (Å²) in [6.45, 7) is 3.66. The number of aryl methyl sites for hydroxylation is 2. The fourth-order valence-electron chi connectivity index (χ4n) is 3.66. The predicted molar refractivity (Wildman–Crippen MR) is 106 cm³/mol. The Balaban J connectivity index is 1.60. The van der Waals surface area contributed by atoms with Gasteiger partial charge in [-0.25, -0.2) is 4.98 Å². The van der Waals surface area contributed by atoms with Gasteiger partial charge in [0, 0.05) is 18.9 Å². The third-order valence-corrected chi connectivity index (χ3v) is 5.24. The van der Waals surface area contributed by atoms with Gasteiger partial charge in [0.15, 0.2) is 11.7 Å². The molecule has 9 nitrogen and oxygen atoms in total. The number of fused-ring (bicyclic) bond motifs is 1. The maximum atomic E-state index is 13.1. The minimum absolute atomic E-state index is 0.193. The van der Waals surface area contributed by atoms with E-state index in [1.807, 2.05) is 0 Å². The fourth-order valence-corrected chi connectivity index (χ4v) is 3.66. The number of nitrogens with one attached hydrogen (secondary N) is 2. The van der Waals surface area contributed by atoms with Crippen LogP contribution >= 0.6 is 0 Å². The van der Waals surface area contributed by atoms with Crippen molar-refractivity contribution in [1.82, 2.24) is 15.6 Å². The Kier molecular flexibility index (Phi) is 5.21. The maximum Gasteiger partial charge on any atom is 0.256 e. The van der Waals surface area contributed by atoms with Gasteiger partial charge in [-0.1, -0.05) is 0 Å². The molecule has 2 aromatic heterocycles. The van der Waals surface area contributed by atoms with Gasteiger partial charge in [0.1, 0.15) is 29.2 Å². The highest BCUT2D eigenvalue weighted by molar-refractivity contribution is 6.09. The van der Waals surface area contributed by atoms with Crippen molar-refractivity contribution in [2.75, 3.05) is 13.2 Å². The molecule has 0 saturated carbocycles. The van der Waals surface area contributed by atoms with Crippen LogP contribution in [0.2, 0.25) is 0 Å². The van der Waals surface area contributed by atoms with Gasteiger partial charge >= 0.3 is 0 Å². The van der Waals surface area contributed by atoms with Crippen LogP contribution in [0.3, 0.4) is 0 Å². The molecule has 0 aliphatic carbocycles. The Labute approximate surface area is 172 Å². The number of carbonyl (C=O) groups is 2. The molecule has 2 amide bonds. The number of ether oxygens (including phenoxy) is 1. The van der Waals surface area contributed by atoms with Crippen LogP contribution in [0, 0.1) is 13.8 Å². The Morgan fingerprint density at radius 3 is 2.90 bits per heavy atom. The first-order chi connectivity index (χ1) is 14.4. The Morgan fingerprint density at radius 1 is 1.37 bits per heavy atom. The van der Waals surface area contributed by atoms with Crippen LogP contribution in [0.15, 0.2) is 33.2 Å². The third kappa shape index (κ3) is 3.63. The van der Waals surface area contributed by atoms with Crippen molar-refractivity contribution >= 4 is 22.8 Å². The molecule has 0 spiro atoms. The summed E-state index contributed by atoms with van der Waals surface area (Å²) in [6, 6.07) is 5.16. The SMILES string of the molecule is Cc1ncc(COc2ccc3oc(C)c(C(=O)NC4(CO)CCCNC4=O)c3c2)o1. The van der Waals surface area contributed by atoms with Gasteiger partial charge in [0.05, 0.1) is 18.4 Å². The largest absolute Gasteiger partial charge is 0.486 e. The lowest BCUT2D eigenvalue weighted by molar-refractivity contribution is -0.131. The normalized spacial score (nSPS) is 19.0. The van der Waals surface area contributed by atoms with Crippen LogP contribution in [-0.2, 0) is 11.4 Å². The summed E-state index contributed by atoms with van der Waals surface area (Å²) in [5.74, 6) is 1.20. The quantitative estimate of drug-likeness (QED) is 0.564. The van der Waals surface area contributed by atoms with E-state index in [-0.39, 0.29) is 12.5 Å². The summed E-state index contributed by atoms with van der Waals surface area (Å²) in [7, 11) is 0. The summed E-state index contributed by atoms with van der Waals surface area (Å²) >= 11 is 0. The van der Waals surface area contributed by atoms with Crippen molar-refractivity contribution in [2.45, 2.75) is 38.8 Å². The molecule has 1 unspecified atom stereocenters. The molecule has 0 radical (unpaired) electrons. The Morgan fingerprint density at radius 2 is 2.20 bits per heavy atom. The molecule has 3 aromatic rings. The zero-order chi connectivity index (χ0) is 21.3. The van der Waals surface area contributed by atoms with Crippen LogP contribution in [-0.4, -0.2) is 40.6 Å². The fraction of sp³-hybridized carbons (Fsp3) is 0.381. The lowest BCUT2D eigenvalue weighted by Crippen LogP contribution is -2.63. The van der Waals surface area contributed by atoms with Crippen LogP contribution in [0.4, 0.5) is 0 Å². The molecule has 1 aromatic carbocycles. The second kappa shape index (κ2) is 7.83. The standard InChI is InChI=1S/C21H23N3O6/c1-12-18(19(26)24-21(11-25)6-3-7-22-20(21)27)16-8-14(4-5-17(16)29-12)28-10-15-9-23-13(2)30-15/h4-5,8-9,25H,3,6-7,10-11H2,1-2H3,(H,22,27)(H,24,26). The number of oxazole rings is 1. The molecule has 3 heterocycles. The van der Waals surface area contributed by atoms with Gasteiger partial charge in [-0.2, -0.15) is 0 Å². The molecule has 9 heteroatoms. The number of amides is 2. The maximum absolute atomic E-state index is 13.1. The van der Waals surface area contributed by atoms with Gasteiger partial charge < -0.3 is 29.3 Å². The average molecular weight is 413 g/mol. The highest BCUT2D eigenvalue weighted by Crippen LogP contribution is 2.30. The van der Waals surface area contributed by atoms with Crippen LogP contribution in [0.5, 0.6) is 5.75 Å². The molecule has 1 aliphatic rings. The first kappa shape index (κ1) is 20.0. The number of aromatic nitrogens is 1. The van der Waals surface area contributed by atoms with Crippen molar-refractivity contribution in [2.24, 2.45) is 0 Å². The van der Waals surface area contributed by atoms with Gasteiger partial charge in [0.25, 0.3) is 5.91 Å². The second-order valence-corrected chi connectivity index (χ2v) is 7.38. The molecule has 1 fully saturated rings. The highest BCUT2D eigenvalue weighted by atomic mass is 16.5. The van der Waals surface area contributed by atoms with E-state index in [0.717, 1.165) is 0 Å². The van der Waals surface area contributed by atoms with Crippen molar-refractivity contribution in [3.63, 3.8) is 0 Å².